The second-order valence-electron chi connectivity index (χ2n) is 4.70. The molecule has 0 atom stereocenters. The van der Waals surface area contributed by atoms with Crippen molar-refractivity contribution in [1.82, 2.24) is 4.98 Å². The Morgan fingerprint density at radius 1 is 1.25 bits per heavy atom. The lowest BCUT2D eigenvalue weighted by molar-refractivity contribution is -0.117. The van der Waals surface area contributed by atoms with Gasteiger partial charge < -0.3 is 4.74 Å². The van der Waals surface area contributed by atoms with Gasteiger partial charge in [0.2, 0.25) is 5.88 Å². The number of benzene rings is 1. The number of aryl methyl sites for hydroxylation is 1. The molecule has 1 aromatic carbocycles. The number of Topliss-reactive ketones (excluding diaryl/α,β-unsaturated/α-hetero) is 1. The summed E-state index contributed by atoms with van der Waals surface area (Å²) in [5.74, 6) is 0.658. The third-order valence-electron chi connectivity index (χ3n) is 3.00. The van der Waals surface area contributed by atoms with Gasteiger partial charge in [0.25, 0.3) is 0 Å². The number of nitrogens with zero attached hydrogens (tertiary/aromatic N) is 1. The minimum absolute atomic E-state index is 0.114. The molecule has 0 spiro atoms. The summed E-state index contributed by atoms with van der Waals surface area (Å²) in [6.07, 6.45) is 2.35. The molecule has 0 fully saturated rings. The van der Waals surface area contributed by atoms with Crippen molar-refractivity contribution in [1.29, 1.82) is 0 Å². The molecular weight excluding hydrogens is 274 g/mol. The van der Waals surface area contributed by atoms with Crippen molar-refractivity contribution < 1.29 is 9.53 Å². The first-order valence-electron chi connectivity index (χ1n) is 6.34. The van der Waals surface area contributed by atoms with Crippen LogP contribution in [0.3, 0.4) is 0 Å². The van der Waals surface area contributed by atoms with E-state index in [1.54, 1.807) is 19.4 Å². The van der Waals surface area contributed by atoms with Crippen molar-refractivity contribution in [3.05, 3.63) is 58.2 Å². The lowest BCUT2D eigenvalue weighted by Crippen LogP contribution is -2.07. The molecule has 20 heavy (non-hydrogen) atoms. The number of aromatic nitrogens is 1. The average Bonchev–Trinajstić information content (AvgIpc) is 2.43. The van der Waals surface area contributed by atoms with E-state index in [1.807, 2.05) is 31.2 Å². The molecule has 2 rings (SSSR count). The number of hydrogen-bond acceptors (Lipinski definition) is 3. The number of carbonyl (C=O) groups is 1. The van der Waals surface area contributed by atoms with Gasteiger partial charge in [-0.1, -0.05) is 29.8 Å². The Kier molecular flexibility index (Phi) is 4.74. The second-order valence-corrected chi connectivity index (χ2v) is 5.10. The maximum atomic E-state index is 12.1. The van der Waals surface area contributed by atoms with E-state index >= 15 is 0 Å². The van der Waals surface area contributed by atoms with Crippen LogP contribution in [0.15, 0.2) is 36.5 Å². The predicted molar refractivity (Wildman–Crippen MR) is 79.4 cm³/mol. The Balaban J connectivity index is 2.01. The average molecular weight is 290 g/mol. The second kappa shape index (κ2) is 6.53. The van der Waals surface area contributed by atoms with E-state index in [1.165, 1.54) is 0 Å². The summed E-state index contributed by atoms with van der Waals surface area (Å²) >= 11 is 6.14. The number of halogens is 1. The van der Waals surface area contributed by atoms with Crippen LogP contribution in [-0.4, -0.2) is 17.9 Å². The third kappa shape index (κ3) is 3.81. The zero-order valence-corrected chi connectivity index (χ0v) is 12.3. The van der Waals surface area contributed by atoms with E-state index in [0.717, 1.165) is 16.7 Å². The maximum Gasteiger partial charge on any atom is 0.212 e. The molecule has 0 N–H and O–H groups in total. The van der Waals surface area contributed by atoms with Crippen LogP contribution in [0.1, 0.15) is 16.7 Å². The lowest BCUT2D eigenvalue weighted by Gasteiger charge is -2.05. The largest absolute Gasteiger partial charge is 0.481 e. The summed E-state index contributed by atoms with van der Waals surface area (Å²) in [6.45, 7) is 1.97. The highest BCUT2D eigenvalue weighted by molar-refractivity contribution is 6.31. The molecule has 0 saturated heterocycles. The van der Waals surface area contributed by atoms with Gasteiger partial charge >= 0.3 is 0 Å². The first-order chi connectivity index (χ1) is 9.58. The molecule has 0 amide bonds. The molecule has 104 valence electrons. The van der Waals surface area contributed by atoms with Crippen molar-refractivity contribution in [3.63, 3.8) is 0 Å². The lowest BCUT2D eigenvalue weighted by atomic mass is 10.0. The molecule has 0 saturated carbocycles. The highest BCUT2D eigenvalue weighted by Crippen LogP contribution is 2.19. The molecule has 0 radical (unpaired) electrons. The summed E-state index contributed by atoms with van der Waals surface area (Å²) in [7, 11) is 1.56. The highest BCUT2D eigenvalue weighted by atomic mass is 35.5. The minimum Gasteiger partial charge on any atom is -0.481 e. The summed E-state index contributed by atoms with van der Waals surface area (Å²) < 4.78 is 4.98. The van der Waals surface area contributed by atoms with Gasteiger partial charge in [-0.15, -0.1) is 0 Å². The first-order valence-corrected chi connectivity index (χ1v) is 6.72. The van der Waals surface area contributed by atoms with Crippen LogP contribution >= 0.6 is 11.6 Å². The monoisotopic (exact) mass is 289 g/mol. The van der Waals surface area contributed by atoms with Crippen LogP contribution in [0.2, 0.25) is 5.02 Å². The number of rotatable bonds is 5. The minimum atomic E-state index is 0.114. The maximum absolute atomic E-state index is 12.1. The number of ketones is 1. The van der Waals surface area contributed by atoms with Gasteiger partial charge in [0.15, 0.2) is 0 Å². The van der Waals surface area contributed by atoms with Crippen molar-refractivity contribution in [2.24, 2.45) is 0 Å². The van der Waals surface area contributed by atoms with Crippen molar-refractivity contribution in [2.75, 3.05) is 7.11 Å². The molecule has 1 heterocycles. The van der Waals surface area contributed by atoms with Crippen LogP contribution in [0.5, 0.6) is 5.88 Å². The molecule has 0 aliphatic heterocycles. The van der Waals surface area contributed by atoms with Crippen LogP contribution in [-0.2, 0) is 17.6 Å². The SMILES string of the molecule is COc1ccc(CC(=O)Cc2ccc(C)cc2Cl)cn1. The molecule has 3 nitrogen and oxygen atoms in total. The zero-order chi connectivity index (χ0) is 14.5. The van der Waals surface area contributed by atoms with Gasteiger partial charge in [-0.3, -0.25) is 4.79 Å². The summed E-state index contributed by atoms with van der Waals surface area (Å²) in [5.41, 5.74) is 2.83. The Morgan fingerprint density at radius 3 is 2.65 bits per heavy atom. The van der Waals surface area contributed by atoms with E-state index in [0.29, 0.717) is 23.7 Å². The molecule has 4 heteroatoms. The van der Waals surface area contributed by atoms with Crippen LogP contribution in [0, 0.1) is 6.92 Å². The van der Waals surface area contributed by atoms with E-state index in [-0.39, 0.29) is 5.78 Å². The van der Waals surface area contributed by atoms with Crippen molar-refractivity contribution in [3.8, 4) is 5.88 Å². The summed E-state index contributed by atoms with van der Waals surface area (Å²) in [6, 6.07) is 9.34. The van der Waals surface area contributed by atoms with Gasteiger partial charge in [-0.25, -0.2) is 4.98 Å². The van der Waals surface area contributed by atoms with Crippen molar-refractivity contribution in [2.45, 2.75) is 19.8 Å². The summed E-state index contributed by atoms with van der Waals surface area (Å²) in [5, 5.41) is 0.645. The Labute approximate surface area is 123 Å². The van der Waals surface area contributed by atoms with Gasteiger partial charge in [-0.05, 0) is 29.7 Å². The van der Waals surface area contributed by atoms with Crippen LogP contribution in [0.4, 0.5) is 0 Å². The standard InChI is InChI=1S/C16H16ClNO2/c1-11-3-5-13(15(17)7-11)9-14(19)8-12-4-6-16(20-2)18-10-12/h3-7,10H,8-9H2,1-2H3. The molecule has 2 aromatic rings. The first kappa shape index (κ1) is 14.5. The Morgan fingerprint density at radius 2 is 2.05 bits per heavy atom. The normalized spacial score (nSPS) is 10.3. The zero-order valence-electron chi connectivity index (χ0n) is 11.5. The molecule has 0 unspecified atom stereocenters. The fraction of sp³-hybridized carbons (Fsp3) is 0.250. The molecule has 0 bridgehead atoms. The van der Waals surface area contributed by atoms with Crippen LogP contribution < -0.4 is 4.74 Å². The van der Waals surface area contributed by atoms with Gasteiger partial charge in [0.1, 0.15) is 5.78 Å². The fourth-order valence-electron chi connectivity index (χ4n) is 1.93. The number of hydrogen-bond donors (Lipinski definition) is 0. The molecular formula is C16H16ClNO2. The smallest absolute Gasteiger partial charge is 0.212 e. The third-order valence-corrected chi connectivity index (χ3v) is 3.36. The predicted octanol–water partition coefficient (Wildman–Crippen LogP) is 3.41. The number of ether oxygens (including phenoxy) is 1. The van der Waals surface area contributed by atoms with E-state index in [4.69, 9.17) is 16.3 Å². The van der Waals surface area contributed by atoms with E-state index in [9.17, 15) is 4.79 Å². The highest BCUT2D eigenvalue weighted by Gasteiger charge is 2.09. The van der Waals surface area contributed by atoms with E-state index in [2.05, 4.69) is 4.98 Å². The Bertz CT molecular complexity index is 608. The number of methoxy groups -OCH3 is 1. The topological polar surface area (TPSA) is 39.2 Å². The fourth-order valence-corrected chi connectivity index (χ4v) is 2.24. The molecule has 1 aromatic heterocycles. The van der Waals surface area contributed by atoms with Crippen molar-refractivity contribution >= 4 is 17.4 Å². The number of carbonyl (C=O) groups excluding carboxylic acids is 1. The molecule has 0 aliphatic carbocycles. The van der Waals surface area contributed by atoms with E-state index < -0.39 is 0 Å². The summed E-state index contributed by atoms with van der Waals surface area (Å²) in [4.78, 5) is 16.1. The van der Waals surface area contributed by atoms with Gasteiger partial charge in [0.05, 0.1) is 7.11 Å². The van der Waals surface area contributed by atoms with Gasteiger partial charge in [0, 0.05) is 30.1 Å². The Hall–Kier alpha value is -1.87. The molecule has 0 aliphatic rings. The number of pyridine rings is 1. The quantitative estimate of drug-likeness (QED) is 0.847. The van der Waals surface area contributed by atoms with Crippen LogP contribution in [0.25, 0.3) is 0 Å². The van der Waals surface area contributed by atoms with Gasteiger partial charge in [-0.2, -0.15) is 0 Å².